The molecule has 0 radical (unpaired) electrons. The minimum atomic E-state index is -0.242. The summed E-state index contributed by atoms with van der Waals surface area (Å²) < 4.78 is 1.98. The Morgan fingerprint density at radius 2 is 1.88 bits per heavy atom. The van der Waals surface area contributed by atoms with Crippen LogP contribution in [0, 0.1) is 6.92 Å². The van der Waals surface area contributed by atoms with Gasteiger partial charge in [-0.15, -0.1) is 0 Å². The van der Waals surface area contributed by atoms with Crippen LogP contribution >= 0.6 is 0 Å². The molecule has 1 unspecified atom stereocenters. The molecule has 3 aromatic rings. The maximum atomic E-state index is 13.8. The molecule has 3 heterocycles. The van der Waals surface area contributed by atoms with Crippen LogP contribution in [0.3, 0.4) is 0 Å². The van der Waals surface area contributed by atoms with Gasteiger partial charge < -0.3 is 25.4 Å². The molecule has 230 valence electrons. The molecule has 1 saturated heterocycles. The highest BCUT2D eigenvalue weighted by atomic mass is 16.2. The SMILES string of the molecule is CC.CC.CCN=CN(C)c1nc(N2CCCC(N)C2)n(CC=C(C)C)c1C(=O)NCc1nc(C)c2ccccc2n1. The molecule has 0 saturated carbocycles. The molecule has 0 bridgehead atoms. The number of carbonyl (C=O) groups excluding carboxylic acids is 1. The summed E-state index contributed by atoms with van der Waals surface area (Å²) >= 11 is 0. The summed E-state index contributed by atoms with van der Waals surface area (Å²) in [5, 5.41) is 4.06. The second kappa shape index (κ2) is 17.2. The summed E-state index contributed by atoms with van der Waals surface area (Å²) in [4.78, 5) is 36.5. The number of aryl methyl sites for hydroxylation is 1. The van der Waals surface area contributed by atoms with Crippen molar-refractivity contribution in [3.63, 3.8) is 0 Å². The van der Waals surface area contributed by atoms with Crippen molar-refractivity contribution in [3.05, 3.63) is 53.1 Å². The number of nitrogens with zero attached hydrogens (tertiary/aromatic N) is 7. The van der Waals surface area contributed by atoms with E-state index in [0.29, 0.717) is 37.0 Å². The van der Waals surface area contributed by atoms with Crippen LogP contribution < -0.4 is 20.9 Å². The van der Waals surface area contributed by atoms with Gasteiger partial charge in [-0.1, -0.05) is 57.5 Å². The minimum absolute atomic E-state index is 0.0748. The number of rotatable bonds is 9. The predicted octanol–water partition coefficient (Wildman–Crippen LogP) is 5.50. The number of allylic oxidation sites excluding steroid dienone is 2. The summed E-state index contributed by atoms with van der Waals surface area (Å²) in [7, 11) is 1.87. The highest BCUT2D eigenvalue weighted by Gasteiger charge is 2.29. The lowest BCUT2D eigenvalue weighted by atomic mass is 10.1. The van der Waals surface area contributed by atoms with Gasteiger partial charge in [-0.25, -0.2) is 9.97 Å². The van der Waals surface area contributed by atoms with Crippen LogP contribution in [0.25, 0.3) is 10.9 Å². The molecular weight excluding hydrogens is 526 g/mol. The van der Waals surface area contributed by atoms with Crippen molar-refractivity contribution >= 4 is 34.9 Å². The Hall–Kier alpha value is -3.79. The molecule has 10 heteroatoms. The Morgan fingerprint density at radius 3 is 2.55 bits per heavy atom. The van der Waals surface area contributed by atoms with Gasteiger partial charge in [-0.3, -0.25) is 9.79 Å². The van der Waals surface area contributed by atoms with Gasteiger partial charge in [0.15, 0.2) is 11.5 Å². The number of hydrogen-bond donors (Lipinski definition) is 2. The fourth-order valence-corrected chi connectivity index (χ4v) is 4.65. The molecule has 10 nitrogen and oxygen atoms in total. The molecule has 3 N–H and O–H groups in total. The van der Waals surface area contributed by atoms with Gasteiger partial charge in [0.1, 0.15) is 5.82 Å². The lowest BCUT2D eigenvalue weighted by molar-refractivity contribution is 0.0942. The number of anilines is 2. The van der Waals surface area contributed by atoms with Crippen LogP contribution in [0.2, 0.25) is 0 Å². The summed E-state index contributed by atoms with van der Waals surface area (Å²) in [6.07, 6.45) is 5.79. The Labute approximate surface area is 252 Å². The number of nitrogens with one attached hydrogen (secondary N) is 1. The molecule has 0 aliphatic carbocycles. The number of hydrogen-bond acceptors (Lipinski definition) is 7. The van der Waals surface area contributed by atoms with Gasteiger partial charge >= 0.3 is 0 Å². The van der Waals surface area contributed by atoms with Crippen molar-refractivity contribution in [1.82, 2.24) is 24.8 Å². The van der Waals surface area contributed by atoms with Crippen molar-refractivity contribution in [2.45, 2.75) is 87.4 Å². The van der Waals surface area contributed by atoms with Gasteiger partial charge in [0.25, 0.3) is 5.91 Å². The van der Waals surface area contributed by atoms with E-state index in [-0.39, 0.29) is 18.5 Å². The van der Waals surface area contributed by atoms with Gasteiger partial charge in [0.2, 0.25) is 5.95 Å². The van der Waals surface area contributed by atoms with E-state index in [1.807, 2.05) is 96.2 Å². The van der Waals surface area contributed by atoms with E-state index in [1.54, 1.807) is 6.34 Å². The van der Waals surface area contributed by atoms with E-state index < -0.39 is 0 Å². The van der Waals surface area contributed by atoms with Crippen molar-refractivity contribution in [2.75, 3.05) is 36.5 Å². The van der Waals surface area contributed by atoms with Crippen molar-refractivity contribution in [1.29, 1.82) is 0 Å². The fraction of sp³-hybridized carbons (Fsp3) is 0.531. The third kappa shape index (κ3) is 8.85. The summed E-state index contributed by atoms with van der Waals surface area (Å²) in [5.74, 6) is 1.61. The van der Waals surface area contributed by atoms with Crippen molar-refractivity contribution < 1.29 is 4.79 Å². The number of benzene rings is 1. The zero-order valence-electron chi connectivity index (χ0n) is 27.1. The second-order valence-corrected chi connectivity index (χ2v) is 9.97. The van der Waals surface area contributed by atoms with Crippen LogP contribution in [-0.2, 0) is 13.1 Å². The van der Waals surface area contributed by atoms with Crippen LogP contribution in [0.5, 0.6) is 0 Å². The van der Waals surface area contributed by atoms with Gasteiger partial charge in [-0.2, -0.15) is 4.98 Å². The Balaban J connectivity index is 0.00000148. The highest BCUT2D eigenvalue weighted by molar-refractivity contribution is 6.00. The lowest BCUT2D eigenvalue weighted by Crippen LogP contribution is -2.44. The maximum Gasteiger partial charge on any atom is 0.272 e. The number of fused-ring (bicyclic) bond motifs is 1. The highest BCUT2D eigenvalue weighted by Crippen LogP contribution is 2.28. The number of carbonyl (C=O) groups is 1. The van der Waals surface area contributed by atoms with Crippen molar-refractivity contribution in [2.24, 2.45) is 10.7 Å². The Bertz CT molecular complexity index is 1340. The third-order valence-corrected chi connectivity index (χ3v) is 6.59. The second-order valence-electron chi connectivity index (χ2n) is 9.97. The molecule has 2 aromatic heterocycles. The van der Waals surface area contributed by atoms with Crippen LogP contribution in [0.4, 0.5) is 11.8 Å². The standard InChI is InChI=1S/C28H39N9O.2C2H6/c1-6-30-18-35(5)26-25(27(38)31-16-24-32-20(4)22-11-7-8-12-23(22)33-24)37(15-13-19(2)3)28(34-26)36-14-9-10-21(29)17-36;2*1-2/h7-8,11-13,18,21H,6,9-10,14-17,29H2,1-5H3,(H,31,38);2*1-2H3. The van der Waals surface area contributed by atoms with Gasteiger partial charge in [0, 0.05) is 50.3 Å². The van der Waals surface area contributed by atoms with Crippen LogP contribution in [0.1, 0.15) is 83.3 Å². The molecule has 1 aromatic carbocycles. The predicted molar refractivity (Wildman–Crippen MR) is 177 cm³/mol. The van der Waals surface area contributed by atoms with Crippen LogP contribution in [0.15, 0.2) is 40.9 Å². The molecule has 1 atom stereocenters. The average Bonchev–Trinajstić information content (AvgIpc) is 3.39. The van der Waals surface area contributed by atoms with Crippen LogP contribution in [-0.4, -0.2) is 64.5 Å². The van der Waals surface area contributed by atoms with E-state index in [9.17, 15) is 4.79 Å². The quantitative estimate of drug-likeness (QED) is 0.196. The first-order valence-electron chi connectivity index (χ1n) is 15.3. The zero-order chi connectivity index (χ0) is 31.2. The number of piperidine rings is 1. The van der Waals surface area contributed by atoms with E-state index in [2.05, 4.69) is 31.3 Å². The first-order valence-corrected chi connectivity index (χ1v) is 15.3. The first-order chi connectivity index (χ1) is 20.3. The third-order valence-electron chi connectivity index (χ3n) is 6.59. The largest absolute Gasteiger partial charge is 0.343 e. The molecule has 1 aliphatic heterocycles. The normalized spacial score (nSPS) is 14.5. The van der Waals surface area contributed by atoms with E-state index in [4.69, 9.17) is 10.7 Å². The number of aliphatic imine (C=N–C) groups is 1. The molecule has 1 aliphatic rings. The van der Waals surface area contributed by atoms with E-state index in [1.165, 1.54) is 0 Å². The molecule has 0 spiro atoms. The van der Waals surface area contributed by atoms with E-state index >= 15 is 0 Å². The molecule has 1 amide bonds. The van der Waals surface area contributed by atoms with E-state index in [0.717, 1.165) is 47.5 Å². The average molecular weight is 578 g/mol. The fourth-order valence-electron chi connectivity index (χ4n) is 4.65. The monoisotopic (exact) mass is 577 g/mol. The number of imidazole rings is 1. The topological polar surface area (TPSA) is 118 Å². The van der Waals surface area contributed by atoms with Gasteiger partial charge in [0.05, 0.1) is 18.4 Å². The number of amides is 1. The smallest absolute Gasteiger partial charge is 0.272 e. The number of para-hydroxylation sites is 1. The Morgan fingerprint density at radius 1 is 1.17 bits per heavy atom. The van der Waals surface area contributed by atoms with Crippen molar-refractivity contribution in [3.8, 4) is 0 Å². The number of nitrogens with two attached hydrogens (primary N) is 1. The minimum Gasteiger partial charge on any atom is -0.343 e. The zero-order valence-corrected chi connectivity index (χ0v) is 27.1. The summed E-state index contributed by atoms with van der Waals surface area (Å²) in [6.45, 7) is 18.9. The molecule has 4 rings (SSSR count). The Kier molecular flexibility index (Phi) is 14.1. The summed E-state index contributed by atoms with van der Waals surface area (Å²) in [6, 6.07) is 7.96. The summed E-state index contributed by atoms with van der Waals surface area (Å²) in [5.41, 5.74) is 9.69. The molecular formula is C32H51N9O. The molecule has 1 fully saturated rings. The van der Waals surface area contributed by atoms with Gasteiger partial charge in [-0.05, 0) is 46.6 Å². The molecule has 42 heavy (non-hydrogen) atoms. The number of aromatic nitrogens is 4. The maximum absolute atomic E-state index is 13.8. The first kappa shape index (κ1) is 34.4. The lowest BCUT2D eigenvalue weighted by Gasteiger charge is -2.32.